The summed E-state index contributed by atoms with van der Waals surface area (Å²) in [7, 11) is 0. The minimum Gasteiger partial charge on any atom is -0.507 e. The molecule has 2 atom stereocenters. The summed E-state index contributed by atoms with van der Waals surface area (Å²) in [5, 5.41) is 9.78. The normalized spacial score (nSPS) is 26.6. The molecule has 4 nitrogen and oxygen atoms in total. The molecule has 2 aliphatic rings. The van der Waals surface area contributed by atoms with E-state index in [1.807, 2.05) is 4.90 Å². The second-order valence-corrected chi connectivity index (χ2v) is 6.93. The van der Waals surface area contributed by atoms with E-state index in [-0.39, 0.29) is 17.7 Å². The first kappa shape index (κ1) is 14.1. The van der Waals surface area contributed by atoms with Crippen LogP contribution in [0.2, 0.25) is 0 Å². The second-order valence-electron chi connectivity index (χ2n) is 5.76. The first-order valence-corrected chi connectivity index (χ1v) is 8.17. The molecule has 1 aromatic rings. The Labute approximate surface area is 132 Å². The van der Waals surface area contributed by atoms with Crippen molar-refractivity contribution in [3.63, 3.8) is 0 Å². The number of piperazine rings is 1. The molecule has 5 heteroatoms. The molecule has 2 unspecified atom stereocenters. The molecule has 3 rings (SSSR count). The van der Waals surface area contributed by atoms with Gasteiger partial charge in [-0.2, -0.15) is 0 Å². The molecule has 1 amide bonds. The highest BCUT2D eigenvalue weighted by Gasteiger charge is 2.36. The van der Waals surface area contributed by atoms with Crippen LogP contribution in [-0.4, -0.2) is 52.5 Å². The summed E-state index contributed by atoms with van der Waals surface area (Å²) in [6, 6.07) is 5.93. The number of carbonyl (C=O) groups is 1. The molecule has 2 heterocycles. The third-order valence-corrected chi connectivity index (χ3v) is 5.30. The molecule has 0 radical (unpaired) electrons. The number of nitrogens with zero attached hydrogens (tertiary/aromatic N) is 2. The molecule has 0 aliphatic carbocycles. The molecule has 1 aromatic carbocycles. The summed E-state index contributed by atoms with van der Waals surface area (Å²) in [5.74, 6) is 0.222. The van der Waals surface area contributed by atoms with Gasteiger partial charge in [-0.15, -0.1) is 0 Å². The van der Waals surface area contributed by atoms with Crippen molar-refractivity contribution < 1.29 is 9.90 Å². The third-order valence-electron chi connectivity index (χ3n) is 4.39. The van der Waals surface area contributed by atoms with E-state index in [1.165, 1.54) is 19.4 Å². The number of phenolic OH excluding ortho intramolecular Hbond substituents is 1. The van der Waals surface area contributed by atoms with Crippen LogP contribution in [0.3, 0.4) is 0 Å². The van der Waals surface area contributed by atoms with Crippen LogP contribution in [0.1, 0.15) is 30.1 Å². The Morgan fingerprint density at radius 2 is 2.20 bits per heavy atom. The number of phenols is 1. The van der Waals surface area contributed by atoms with Crippen molar-refractivity contribution in [2.24, 2.45) is 0 Å². The molecule has 2 saturated heterocycles. The number of benzene rings is 1. The molecule has 0 saturated carbocycles. The first-order chi connectivity index (χ1) is 9.56. The largest absolute Gasteiger partial charge is 0.507 e. The van der Waals surface area contributed by atoms with Crippen molar-refractivity contribution in [3.8, 4) is 5.75 Å². The zero-order chi connectivity index (χ0) is 14.3. The van der Waals surface area contributed by atoms with Crippen LogP contribution in [0.25, 0.3) is 0 Å². The van der Waals surface area contributed by atoms with E-state index < -0.39 is 0 Å². The molecule has 20 heavy (non-hydrogen) atoms. The summed E-state index contributed by atoms with van der Waals surface area (Å²) in [6.07, 6.45) is 2.43. The molecule has 1 N–H and O–H groups in total. The third kappa shape index (κ3) is 2.53. The lowest BCUT2D eigenvalue weighted by Crippen LogP contribution is -2.56. The van der Waals surface area contributed by atoms with Crippen molar-refractivity contribution in [1.29, 1.82) is 0 Å². The maximum atomic E-state index is 12.7. The smallest absolute Gasteiger partial charge is 0.254 e. The highest BCUT2D eigenvalue weighted by atomic mass is 127. The molecule has 0 aromatic heterocycles. The van der Waals surface area contributed by atoms with Crippen LogP contribution in [0.15, 0.2) is 18.2 Å². The highest BCUT2D eigenvalue weighted by Crippen LogP contribution is 2.27. The molecule has 2 aliphatic heterocycles. The van der Waals surface area contributed by atoms with Gasteiger partial charge in [0.15, 0.2) is 0 Å². The van der Waals surface area contributed by atoms with Crippen LogP contribution >= 0.6 is 22.6 Å². The minimum absolute atomic E-state index is 0.0377. The summed E-state index contributed by atoms with van der Waals surface area (Å²) in [5.41, 5.74) is 0.584. The van der Waals surface area contributed by atoms with Gasteiger partial charge in [-0.3, -0.25) is 9.69 Å². The van der Waals surface area contributed by atoms with Gasteiger partial charge in [0.1, 0.15) is 5.75 Å². The maximum absolute atomic E-state index is 12.7. The summed E-state index contributed by atoms with van der Waals surface area (Å²) in [6.45, 7) is 5.06. The fourth-order valence-corrected chi connectivity index (χ4v) is 3.62. The Kier molecular flexibility index (Phi) is 3.90. The van der Waals surface area contributed by atoms with E-state index in [0.29, 0.717) is 11.6 Å². The van der Waals surface area contributed by atoms with E-state index in [9.17, 15) is 9.90 Å². The Morgan fingerprint density at radius 1 is 1.40 bits per heavy atom. The van der Waals surface area contributed by atoms with Crippen molar-refractivity contribution in [3.05, 3.63) is 27.3 Å². The number of hydrogen-bond acceptors (Lipinski definition) is 3. The number of halogens is 1. The predicted molar refractivity (Wildman–Crippen MR) is 85.9 cm³/mol. The average molecular weight is 386 g/mol. The lowest BCUT2D eigenvalue weighted by molar-refractivity contribution is 0.0395. The lowest BCUT2D eigenvalue weighted by atomic mass is 10.1. The van der Waals surface area contributed by atoms with Gasteiger partial charge in [0.05, 0.1) is 3.57 Å². The Bertz CT molecular complexity index is 535. The zero-order valence-electron chi connectivity index (χ0n) is 11.6. The van der Waals surface area contributed by atoms with Gasteiger partial charge in [-0.1, -0.05) is 0 Å². The fraction of sp³-hybridized carbons (Fsp3) is 0.533. The molecule has 0 spiro atoms. The van der Waals surface area contributed by atoms with Crippen LogP contribution in [0.4, 0.5) is 0 Å². The highest BCUT2D eigenvalue weighted by molar-refractivity contribution is 14.1. The SMILES string of the molecule is CC1CN2CCCC2CN1C(=O)c1ccc(I)c(O)c1. The Balaban J connectivity index is 1.80. The lowest BCUT2D eigenvalue weighted by Gasteiger charge is -2.42. The summed E-state index contributed by atoms with van der Waals surface area (Å²) < 4.78 is 0.771. The van der Waals surface area contributed by atoms with Crippen LogP contribution in [-0.2, 0) is 0 Å². The monoisotopic (exact) mass is 386 g/mol. The number of rotatable bonds is 1. The zero-order valence-corrected chi connectivity index (χ0v) is 13.7. The van der Waals surface area contributed by atoms with Crippen molar-refractivity contribution >= 4 is 28.5 Å². The number of fused-ring (bicyclic) bond motifs is 1. The summed E-state index contributed by atoms with van der Waals surface area (Å²) >= 11 is 2.06. The van der Waals surface area contributed by atoms with Crippen LogP contribution < -0.4 is 0 Å². The quantitative estimate of drug-likeness (QED) is 0.754. The van der Waals surface area contributed by atoms with Gasteiger partial charge in [0.2, 0.25) is 0 Å². The number of amides is 1. The average Bonchev–Trinajstić information content (AvgIpc) is 2.87. The number of hydrogen-bond donors (Lipinski definition) is 1. The van der Waals surface area contributed by atoms with E-state index >= 15 is 0 Å². The van der Waals surface area contributed by atoms with E-state index in [1.54, 1.807) is 18.2 Å². The Morgan fingerprint density at radius 3 is 2.95 bits per heavy atom. The predicted octanol–water partition coefficient (Wildman–Crippen LogP) is 2.31. The Hall–Kier alpha value is -0.820. The molecular weight excluding hydrogens is 367 g/mol. The van der Waals surface area contributed by atoms with E-state index in [0.717, 1.165) is 16.7 Å². The van der Waals surface area contributed by atoms with Gasteiger partial charge >= 0.3 is 0 Å². The molecule has 108 valence electrons. The number of carbonyl (C=O) groups excluding carboxylic acids is 1. The van der Waals surface area contributed by atoms with Crippen molar-refractivity contribution in [2.45, 2.75) is 31.8 Å². The van der Waals surface area contributed by atoms with Crippen molar-refractivity contribution in [2.75, 3.05) is 19.6 Å². The minimum atomic E-state index is 0.0377. The first-order valence-electron chi connectivity index (χ1n) is 7.10. The van der Waals surface area contributed by atoms with Crippen LogP contribution in [0.5, 0.6) is 5.75 Å². The second kappa shape index (κ2) is 5.52. The standard InChI is InChI=1S/C15H19IN2O2/c1-10-8-17-6-2-3-12(17)9-18(10)15(20)11-4-5-13(16)14(19)7-11/h4-5,7,10,12,19H,2-3,6,8-9H2,1H3. The topological polar surface area (TPSA) is 43.8 Å². The number of aromatic hydroxyl groups is 1. The van der Waals surface area contributed by atoms with Gasteiger partial charge in [0, 0.05) is 30.7 Å². The van der Waals surface area contributed by atoms with E-state index in [2.05, 4.69) is 34.4 Å². The molecule has 2 fully saturated rings. The van der Waals surface area contributed by atoms with E-state index in [4.69, 9.17) is 0 Å². The van der Waals surface area contributed by atoms with Crippen molar-refractivity contribution in [1.82, 2.24) is 9.80 Å². The van der Waals surface area contributed by atoms with Gasteiger partial charge in [-0.25, -0.2) is 0 Å². The molecular formula is C15H19IN2O2. The van der Waals surface area contributed by atoms with Gasteiger partial charge in [-0.05, 0) is 67.1 Å². The fourth-order valence-electron chi connectivity index (χ4n) is 3.28. The van der Waals surface area contributed by atoms with Crippen LogP contribution in [0, 0.1) is 3.57 Å². The maximum Gasteiger partial charge on any atom is 0.254 e. The molecule has 0 bridgehead atoms. The van der Waals surface area contributed by atoms with Gasteiger partial charge in [0.25, 0.3) is 5.91 Å². The van der Waals surface area contributed by atoms with Gasteiger partial charge < -0.3 is 10.0 Å². The summed E-state index contributed by atoms with van der Waals surface area (Å²) in [4.78, 5) is 17.1.